The van der Waals surface area contributed by atoms with Crippen LogP contribution < -0.4 is 0 Å². The lowest BCUT2D eigenvalue weighted by molar-refractivity contribution is 0.577. The molecule has 0 saturated heterocycles. The molecule has 0 aromatic heterocycles. The fraction of sp³-hybridized carbons (Fsp3) is 0.875. The molecule has 0 rings (SSSR count). The molecule has 0 N–H and O–H groups in total. The van der Waals surface area contributed by atoms with Gasteiger partial charge in [-0.15, -0.1) is 0 Å². The van der Waals surface area contributed by atoms with E-state index in [1.807, 2.05) is 6.21 Å². The minimum absolute atomic E-state index is 0.757. The van der Waals surface area contributed by atoms with Crippen molar-refractivity contribution in [1.29, 1.82) is 0 Å². The molecule has 1 nitrogen and oxygen atoms in total. The molecule has 0 heterocycles. The molecule has 1 unspecified atom stereocenters. The number of rotatable bonds is 4. The van der Waals surface area contributed by atoms with Crippen molar-refractivity contribution >= 4 is 6.21 Å². The predicted molar refractivity (Wildman–Crippen MR) is 43.1 cm³/mol. The van der Waals surface area contributed by atoms with E-state index in [1.54, 1.807) is 0 Å². The first-order valence-electron chi connectivity index (χ1n) is 3.79. The summed E-state index contributed by atoms with van der Waals surface area (Å²) < 4.78 is 0. The lowest BCUT2D eigenvalue weighted by Gasteiger charge is -2.00. The minimum atomic E-state index is 0.757. The third-order valence-corrected chi connectivity index (χ3v) is 1.43. The van der Waals surface area contributed by atoms with Crippen LogP contribution in [0.4, 0.5) is 0 Å². The average molecular weight is 127 g/mol. The van der Waals surface area contributed by atoms with Crippen molar-refractivity contribution in [3.63, 3.8) is 0 Å². The average Bonchev–Trinajstić information content (AvgIpc) is 1.89. The maximum absolute atomic E-state index is 4.24. The Bertz CT molecular complexity index is 76.6. The summed E-state index contributed by atoms with van der Waals surface area (Å²) in [6.07, 6.45) is 4.30. The van der Waals surface area contributed by atoms with Crippen LogP contribution in [-0.4, -0.2) is 12.8 Å². The fourth-order valence-corrected chi connectivity index (χ4v) is 0.513. The van der Waals surface area contributed by atoms with Crippen LogP contribution in [-0.2, 0) is 0 Å². The second kappa shape index (κ2) is 5.80. The standard InChI is InChI=1S/C8H17N/c1-4-6-9-7-8(3)5-2/h6,8H,4-5,7H2,1-3H3/b9-6-. The maximum Gasteiger partial charge on any atom is 0.0410 e. The molecule has 0 saturated carbocycles. The Labute approximate surface area is 58.2 Å². The topological polar surface area (TPSA) is 12.4 Å². The maximum atomic E-state index is 4.24. The number of hydrogen-bond acceptors (Lipinski definition) is 1. The van der Waals surface area contributed by atoms with Crippen LogP contribution in [0.3, 0.4) is 0 Å². The van der Waals surface area contributed by atoms with Gasteiger partial charge in [-0.05, 0) is 18.6 Å². The van der Waals surface area contributed by atoms with Gasteiger partial charge < -0.3 is 0 Å². The van der Waals surface area contributed by atoms with E-state index >= 15 is 0 Å². The van der Waals surface area contributed by atoms with Gasteiger partial charge >= 0.3 is 0 Å². The van der Waals surface area contributed by atoms with Gasteiger partial charge in [0.25, 0.3) is 0 Å². The highest BCUT2D eigenvalue weighted by molar-refractivity contribution is 5.56. The summed E-state index contributed by atoms with van der Waals surface area (Å²) in [6.45, 7) is 7.55. The Hall–Kier alpha value is -0.330. The van der Waals surface area contributed by atoms with Gasteiger partial charge in [-0.25, -0.2) is 0 Å². The highest BCUT2D eigenvalue weighted by Gasteiger charge is 1.92. The lowest BCUT2D eigenvalue weighted by Crippen LogP contribution is -1.96. The molecule has 1 heteroatoms. The molecule has 0 radical (unpaired) electrons. The molecule has 54 valence electrons. The Morgan fingerprint density at radius 2 is 2.11 bits per heavy atom. The number of aliphatic imine (C=N–C) groups is 1. The third-order valence-electron chi connectivity index (χ3n) is 1.43. The molecular formula is C8H17N. The minimum Gasteiger partial charge on any atom is -0.297 e. The van der Waals surface area contributed by atoms with Crippen LogP contribution in [0.5, 0.6) is 0 Å². The molecular weight excluding hydrogens is 110 g/mol. The summed E-state index contributed by atoms with van der Waals surface area (Å²) in [4.78, 5) is 4.24. The summed E-state index contributed by atoms with van der Waals surface area (Å²) in [5, 5.41) is 0. The van der Waals surface area contributed by atoms with Crippen LogP contribution in [0.15, 0.2) is 4.99 Å². The first kappa shape index (κ1) is 8.67. The molecule has 0 bridgehead atoms. The van der Waals surface area contributed by atoms with Gasteiger partial charge in [-0.1, -0.05) is 27.2 Å². The van der Waals surface area contributed by atoms with Crippen molar-refractivity contribution < 1.29 is 0 Å². The lowest BCUT2D eigenvalue weighted by atomic mass is 10.1. The Morgan fingerprint density at radius 3 is 2.56 bits per heavy atom. The molecule has 0 aromatic carbocycles. The zero-order chi connectivity index (χ0) is 7.11. The van der Waals surface area contributed by atoms with E-state index in [0.717, 1.165) is 18.9 Å². The molecule has 0 fully saturated rings. The normalized spacial score (nSPS) is 14.6. The first-order valence-corrected chi connectivity index (χ1v) is 3.79. The van der Waals surface area contributed by atoms with Crippen molar-refractivity contribution in [1.82, 2.24) is 0 Å². The van der Waals surface area contributed by atoms with E-state index in [1.165, 1.54) is 6.42 Å². The summed E-state index contributed by atoms with van der Waals surface area (Å²) in [7, 11) is 0. The van der Waals surface area contributed by atoms with Gasteiger partial charge in [-0.2, -0.15) is 0 Å². The van der Waals surface area contributed by atoms with Crippen LogP contribution in [0.2, 0.25) is 0 Å². The first-order chi connectivity index (χ1) is 4.31. The van der Waals surface area contributed by atoms with E-state index in [-0.39, 0.29) is 0 Å². The van der Waals surface area contributed by atoms with Gasteiger partial charge in [0, 0.05) is 6.54 Å². The molecule has 0 amide bonds. The molecule has 0 aliphatic carbocycles. The number of hydrogen-bond donors (Lipinski definition) is 0. The van der Waals surface area contributed by atoms with Crippen molar-refractivity contribution in [2.75, 3.05) is 6.54 Å². The molecule has 0 aliphatic rings. The molecule has 9 heavy (non-hydrogen) atoms. The SMILES string of the molecule is CC/C=N\CC(C)CC. The summed E-state index contributed by atoms with van der Waals surface area (Å²) in [5.41, 5.74) is 0. The molecule has 0 aromatic rings. The van der Waals surface area contributed by atoms with Gasteiger partial charge in [0.2, 0.25) is 0 Å². The number of nitrogens with zero attached hydrogens (tertiary/aromatic N) is 1. The quantitative estimate of drug-likeness (QED) is 0.514. The van der Waals surface area contributed by atoms with Crippen molar-refractivity contribution in [3.05, 3.63) is 0 Å². The highest BCUT2D eigenvalue weighted by Crippen LogP contribution is 1.99. The second-order valence-electron chi connectivity index (χ2n) is 2.47. The van der Waals surface area contributed by atoms with E-state index < -0.39 is 0 Å². The predicted octanol–water partition coefficient (Wildman–Crippen LogP) is 2.51. The van der Waals surface area contributed by atoms with Crippen molar-refractivity contribution in [2.24, 2.45) is 10.9 Å². The summed E-state index contributed by atoms with van der Waals surface area (Å²) >= 11 is 0. The van der Waals surface area contributed by atoms with E-state index in [9.17, 15) is 0 Å². The summed E-state index contributed by atoms with van der Waals surface area (Å²) in [5.74, 6) is 0.757. The van der Waals surface area contributed by atoms with Crippen molar-refractivity contribution in [3.8, 4) is 0 Å². The van der Waals surface area contributed by atoms with Crippen molar-refractivity contribution in [2.45, 2.75) is 33.6 Å². The van der Waals surface area contributed by atoms with E-state index in [4.69, 9.17) is 0 Å². The van der Waals surface area contributed by atoms with Crippen LogP contribution >= 0.6 is 0 Å². The van der Waals surface area contributed by atoms with Gasteiger partial charge in [-0.3, -0.25) is 4.99 Å². The van der Waals surface area contributed by atoms with E-state index in [2.05, 4.69) is 25.8 Å². The molecule has 0 spiro atoms. The third kappa shape index (κ3) is 5.54. The van der Waals surface area contributed by atoms with Crippen LogP contribution in [0, 0.1) is 5.92 Å². The van der Waals surface area contributed by atoms with Gasteiger partial charge in [0.1, 0.15) is 0 Å². The zero-order valence-corrected chi connectivity index (χ0v) is 6.72. The summed E-state index contributed by atoms with van der Waals surface area (Å²) in [6, 6.07) is 0. The Balaban J connectivity index is 3.15. The zero-order valence-electron chi connectivity index (χ0n) is 6.72. The second-order valence-corrected chi connectivity index (χ2v) is 2.47. The molecule has 1 atom stereocenters. The largest absolute Gasteiger partial charge is 0.297 e. The fourth-order valence-electron chi connectivity index (χ4n) is 0.513. The van der Waals surface area contributed by atoms with E-state index in [0.29, 0.717) is 0 Å². The molecule has 0 aliphatic heterocycles. The highest BCUT2D eigenvalue weighted by atomic mass is 14.7. The smallest absolute Gasteiger partial charge is 0.0410 e. The van der Waals surface area contributed by atoms with Crippen LogP contribution in [0.1, 0.15) is 33.6 Å². The monoisotopic (exact) mass is 127 g/mol. The Morgan fingerprint density at radius 1 is 1.44 bits per heavy atom. The van der Waals surface area contributed by atoms with Gasteiger partial charge in [0.05, 0.1) is 0 Å². The Kier molecular flexibility index (Phi) is 5.59. The van der Waals surface area contributed by atoms with Crippen LogP contribution in [0.25, 0.3) is 0 Å². The van der Waals surface area contributed by atoms with Gasteiger partial charge in [0.15, 0.2) is 0 Å².